The maximum Gasteiger partial charge on any atom is 0.0309 e. The summed E-state index contributed by atoms with van der Waals surface area (Å²) in [6, 6.07) is 0. The Balaban J connectivity index is 2.12. The van der Waals surface area contributed by atoms with Crippen molar-refractivity contribution in [1.29, 1.82) is 0 Å². The van der Waals surface area contributed by atoms with Crippen LogP contribution in [0.3, 0.4) is 0 Å². The fraction of sp³-hybridized carbons (Fsp3) is 0.833. The molecular formula is C6H9S. The first kappa shape index (κ1) is 4.25. The summed E-state index contributed by atoms with van der Waals surface area (Å²) in [7, 11) is 0. The molecule has 1 unspecified atom stereocenters. The molecule has 1 saturated carbocycles. The molecule has 0 nitrogen and oxygen atoms in total. The Morgan fingerprint density at radius 2 is 2.57 bits per heavy atom. The number of thioether (sulfide) groups is 1. The van der Waals surface area contributed by atoms with E-state index >= 15 is 0 Å². The van der Waals surface area contributed by atoms with Gasteiger partial charge in [-0.3, -0.25) is 0 Å². The van der Waals surface area contributed by atoms with Gasteiger partial charge in [0, 0.05) is 5.25 Å². The Kier molecular flexibility index (Phi) is 0.857. The van der Waals surface area contributed by atoms with E-state index < -0.39 is 0 Å². The molecular weight excluding hydrogens is 104 g/mol. The van der Waals surface area contributed by atoms with Gasteiger partial charge in [-0.1, -0.05) is 0 Å². The topological polar surface area (TPSA) is 0 Å². The van der Waals surface area contributed by atoms with Gasteiger partial charge in [0.2, 0.25) is 0 Å². The van der Waals surface area contributed by atoms with E-state index in [2.05, 4.69) is 11.8 Å². The second-order valence-electron chi connectivity index (χ2n) is 2.46. The molecule has 7 heavy (non-hydrogen) atoms. The highest BCUT2D eigenvalue weighted by atomic mass is 32.2. The highest BCUT2D eigenvalue weighted by Gasteiger charge is 2.32. The molecule has 2 aliphatic rings. The van der Waals surface area contributed by atoms with Crippen LogP contribution in [0.25, 0.3) is 0 Å². The quantitative estimate of drug-likeness (QED) is 0.463. The third kappa shape index (κ3) is 0.584. The molecule has 0 N–H and O–H groups in total. The maximum atomic E-state index is 2.11. The van der Waals surface area contributed by atoms with Gasteiger partial charge < -0.3 is 0 Å². The maximum absolute atomic E-state index is 2.11. The lowest BCUT2D eigenvalue weighted by Crippen LogP contribution is -1.91. The first-order valence-corrected chi connectivity index (χ1v) is 3.91. The summed E-state index contributed by atoms with van der Waals surface area (Å²) in [5.74, 6) is 2.54. The van der Waals surface area contributed by atoms with E-state index in [1.807, 2.05) is 0 Å². The van der Waals surface area contributed by atoms with Crippen LogP contribution in [0.1, 0.15) is 19.3 Å². The van der Waals surface area contributed by atoms with Crippen molar-refractivity contribution in [2.45, 2.75) is 19.3 Å². The van der Waals surface area contributed by atoms with E-state index in [1.165, 1.54) is 25.0 Å². The summed E-state index contributed by atoms with van der Waals surface area (Å²) in [5, 5.41) is 1.78. The van der Waals surface area contributed by atoms with Crippen molar-refractivity contribution in [3.63, 3.8) is 0 Å². The van der Waals surface area contributed by atoms with Gasteiger partial charge in [-0.2, -0.15) is 11.8 Å². The normalized spacial score (nSPS) is 40.3. The van der Waals surface area contributed by atoms with Crippen LogP contribution in [0.4, 0.5) is 0 Å². The van der Waals surface area contributed by atoms with Crippen LogP contribution in [0.5, 0.6) is 0 Å². The molecule has 0 aromatic heterocycles. The van der Waals surface area contributed by atoms with Crippen LogP contribution in [0.2, 0.25) is 0 Å². The molecule has 2 rings (SSSR count). The standard InChI is InChI=1S/C6H9S/c1-2-6-3-5(1)4-7-6/h5H,1-4H2. The monoisotopic (exact) mass is 113 g/mol. The van der Waals surface area contributed by atoms with Crippen LogP contribution < -0.4 is 0 Å². The fourth-order valence-electron chi connectivity index (χ4n) is 1.40. The molecule has 0 spiro atoms. The minimum Gasteiger partial charge on any atom is -0.153 e. The van der Waals surface area contributed by atoms with Crippen molar-refractivity contribution < 1.29 is 0 Å². The Bertz CT molecular complexity index is 62.2. The lowest BCUT2D eigenvalue weighted by molar-refractivity contribution is 0.637. The molecule has 0 aromatic rings. The van der Waals surface area contributed by atoms with Crippen molar-refractivity contribution in [2.24, 2.45) is 5.92 Å². The minimum absolute atomic E-state index is 1.10. The van der Waals surface area contributed by atoms with E-state index in [0.717, 1.165) is 5.92 Å². The molecule has 1 aliphatic heterocycles. The van der Waals surface area contributed by atoms with E-state index in [1.54, 1.807) is 5.25 Å². The lowest BCUT2D eigenvalue weighted by Gasteiger charge is -2.04. The number of hydrogen-bond donors (Lipinski definition) is 0. The summed E-state index contributed by atoms with van der Waals surface area (Å²) in [4.78, 5) is 0. The molecule has 2 bridgehead atoms. The van der Waals surface area contributed by atoms with Gasteiger partial charge in [0.15, 0.2) is 0 Å². The van der Waals surface area contributed by atoms with Gasteiger partial charge in [0.25, 0.3) is 0 Å². The predicted octanol–water partition coefficient (Wildman–Crippen LogP) is 2.07. The van der Waals surface area contributed by atoms with Crippen LogP contribution in [-0.2, 0) is 0 Å². The molecule has 2 fully saturated rings. The molecule has 1 atom stereocenters. The Morgan fingerprint density at radius 3 is 2.71 bits per heavy atom. The molecule has 1 saturated heterocycles. The lowest BCUT2D eigenvalue weighted by atomic mass is 10.1. The van der Waals surface area contributed by atoms with Gasteiger partial charge in [-0.15, -0.1) is 0 Å². The van der Waals surface area contributed by atoms with Crippen molar-refractivity contribution >= 4 is 11.8 Å². The number of fused-ring (bicyclic) bond motifs is 2. The fourth-order valence-corrected chi connectivity index (χ4v) is 2.77. The predicted molar refractivity (Wildman–Crippen MR) is 33.0 cm³/mol. The van der Waals surface area contributed by atoms with Gasteiger partial charge in [0.1, 0.15) is 0 Å². The summed E-state index contributed by atoms with van der Waals surface area (Å²) < 4.78 is 0. The zero-order chi connectivity index (χ0) is 4.69. The van der Waals surface area contributed by atoms with Crippen LogP contribution in [-0.4, -0.2) is 5.75 Å². The SMILES string of the molecule is C1CC2CS[C]1C2. The zero-order valence-electron chi connectivity index (χ0n) is 4.31. The van der Waals surface area contributed by atoms with E-state index in [4.69, 9.17) is 0 Å². The second kappa shape index (κ2) is 1.41. The summed E-state index contributed by atoms with van der Waals surface area (Å²) in [6.07, 6.45) is 4.41. The van der Waals surface area contributed by atoms with Gasteiger partial charge in [-0.05, 0) is 30.9 Å². The molecule has 39 valence electrons. The molecule has 0 aromatic carbocycles. The molecule has 1 aliphatic carbocycles. The van der Waals surface area contributed by atoms with Gasteiger partial charge in [0.05, 0.1) is 0 Å². The Labute approximate surface area is 48.7 Å². The highest BCUT2D eigenvalue weighted by Crippen LogP contribution is 2.49. The summed E-state index contributed by atoms with van der Waals surface area (Å²) in [6.45, 7) is 0. The Hall–Kier alpha value is 0.350. The summed E-state index contributed by atoms with van der Waals surface area (Å²) >= 11 is 2.11. The van der Waals surface area contributed by atoms with E-state index in [-0.39, 0.29) is 0 Å². The van der Waals surface area contributed by atoms with Crippen molar-refractivity contribution in [3.05, 3.63) is 5.25 Å². The van der Waals surface area contributed by atoms with Crippen LogP contribution >= 0.6 is 11.8 Å². The van der Waals surface area contributed by atoms with E-state index in [0.29, 0.717) is 0 Å². The van der Waals surface area contributed by atoms with Crippen molar-refractivity contribution in [1.82, 2.24) is 0 Å². The average molecular weight is 113 g/mol. The largest absolute Gasteiger partial charge is 0.153 e. The van der Waals surface area contributed by atoms with Crippen LogP contribution in [0, 0.1) is 11.2 Å². The Morgan fingerprint density at radius 1 is 1.57 bits per heavy atom. The minimum atomic E-state index is 1.10. The third-order valence-electron chi connectivity index (χ3n) is 1.87. The zero-order valence-corrected chi connectivity index (χ0v) is 5.13. The average Bonchev–Trinajstić information content (AvgIpc) is 2.22. The molecule has 1 radical (unpaired) electrons. The number of rotatable bonds is 0. The first-order valence-electron chi connectivity index (χ1n) is 2.92. The van der Waals surface area contributed by atoms with Crippen molar-refractivity contribution in [2.75, 3.05) is 5.75 Å². The van der Waals surface area contributed by atoms with Crippen LogP contribution in [0.15, 0.2) is 0 Å². The summed E-state index contributed by atoms with van der Waals surface area (Å²) in [5.41, 5.74) is 0. The third-order valence-corrected chi connectivity index (χ3v) is 3.29. The molecule has 1 heterocycles. The molecule has 1 heteroatoms. The van der Waals surface area contributed by atoms with E-state index in [9.17, 15) is 0 Å². The highest BCUT2D eigenvalue weighted by molar-refractivity contribution is 8.02. The number of hydrogen-bond acceptors (Lipinski definition) is 1. The second-order valence-corrected chi connectivity index (χ2v) is 3.66. The van der Waals surface area contributed by atoms with Gasteiger partial charge >= 0.3 is 0 Å². The van der Waals surface area contributed by atoms with Gasteiger partial charge in [-0.25, -0.2) is 0 Å². The van der Waals surface area contributed by atoms with Crippen molar-refractivity contribution in [3.8, 4) is 0 Å². The molecule has 0 amide bonds. The first-order chi connectivity index (χ1) is 3.45. The smallest absolute Gasteiger partial charge is 0.0309 e.